The predicted molar refractivity (Wildman–Crippen MR) is 89.5 cm³/mol. The van der Waals surface area contributed by atoms with Crippen molar-refractivity contribution in [2.75, 3.05) is 13.7 Å². The lowest BCUT2D eigenvalue weighted by atomic mass is 9.96. The maximum absolute atomic E-state index is 12.4. The Morgan fingerprint density at radius 3 is 3.12 bits per heavy atom. The molecule has 0 aliphatic carbocycles. The number of hydrogen-bond acceptors (Lipinski definition) is 7. The number of aromatic nitrogens is 2. The lowest BCUT2D eigenvalue weighted by Crippen LogP contribution is -2.37. The molecule has 1 N–H and O–H groups in total. The Balaban J connectivity index is 1.35. The van der Waals surface area contributed by atoms with Crippen LogP contribution in [-0.2, 0) is 17.8 Å². The van der Waals surface area contributed by atoms with Gasteiger partial charge in [0.2, 0.25) is 5.91 Å². The van der Waals surface area contributed by atoms with Crippen molar-refractivity contribution in [1.29, 1.82) is 0 Å². The molecule has 0 spiro atoms. The van der Waals surface area contributed by atoms with Crippen molar-refractivity contribution >= 4 is 5.91 Å². The highest BCUT2D eigenvalue weighted by atomic mass is 16.5. The van der Waals surface area contributed by atoms with Crippen LogP contribution < -0.4 is 14.8 Å². The van der Waals surface area contributed by atoms with Gasteiger partial charge in [-0.1, -0.05) is 11.2 Å². The van der Waals surface area contributed by atoms with Crippen LogP contribution in [0.4, 0.5) is 0 Å². The number of fused-ring (bicyclic) bond motifs is 1. The van der Waals surface area contributed by atoms with E-state index in [1.807, 2.05) is 18.2 Å². The molecular weight excluding hydrogens is 338 g/mol. The number of hydrogen-bond donors (Lipinski definition) is 1. The Bertz CT molecular complexity index is 903. The first kappa shape index (κ1) is 16.2. The molecule has 8 heteroatoms. The molecule has 1 aliphatic rings. The first-order valence-corrected chi connectivity index (χ1v) is 8.17. The van der Waals surface area contributed by atoms with Gasteiger partial charge in [0, 0.05) is 6.07 Å². The number of nitrogens with zero attached hydrogens (tertiary/aromatic N) is 2. The summed E-state index contributed by atoms with van der Waals surface area (Å²) < 4.78 is 21.2. The zero-order chi connectivity index (χ0) is 17.9. The van der Waals surface area contributed by atoms with Crippen molar-refractivity contribution in [3.63, 3.8) is 0 Å². The van der Waals surface area contributed by atoms with Crippen LogP contribution in [0.3, 0.4) is 0 Å². The summed E-state index contributed by atoms with van der Waals surface area (Å²) in [6.07, 6.45) is 2.13. The van der Waals surface area contributed by atoms with E-state index in [9.17, 15) is 4.79 Å². The summed E-state index contributed by atoms with van der Waals surface area (Å²) in [6, 6.07) is 9.07. The van der Waals surface area contributed by atoms with Gasteiger partial charge in [0.25, 0.3) is 5.89 Å². The summed E-state index contributed by atoms with van der Waals surface area (Å²) in [7, 11) is 1.61. The molecule has 2 aromatic heterocycles. The highest BCUT2D eigenvalue weighted by molar-refractivity contribution is 5.79. The Kier molecular flexibility index (Phi) is 4.30. The van der Waals surface area contributed by atoms with Gasteiger partial charge < -0.3 is 23.7 Å². The Morgan fingerprint density at radius 2 is 2.31 bits per heavy atom. The average molecular weight is 355 g/mol. The second kappa shape index (κ2) is 6.91. The van der Waals surface area contributed by atoms with E-state index in [0.717, 1.165) is 17.1 Å². The minimum absolute atomic E-state index is 0.115. The molecule has 26 heavy (non-hydrogen) atoms. The zero-order valence-corrected chi connectivity index (χ0v) is 14.1. The summed E-state index contributed by atoms with van der Waals surface area (Å²) in [6.45, 7) is 0.491. The minimum atomic E-state index is -0.271. The lowest BCUT2D eigenvalue weighted by Gasteiger charge is -2.24. The van der Waals surface area contributed by atoms with Crippen LogP contribution >= 0.6 is 0 Å². The number of rotatable bonds is 5. The highest BCUT2D eigenvalue weighted by Crippen LogP contribution is 2.31. The van der Waals surface area contributed by atoms with E-state index in [4.69, 9.17) is 18.4 Å². The number of furan rings is 1. The topological polar surface area (TPSA) is 99.6 Å². The Labute approximate surface area is 149 Å². The van der Waals surface area contributed by atoms with E-state index in [1.165, 1.54) is 6.26 Å². The van der Waals surface area contributed by atoms with Gasteiger partial charge in [0.15, 0.2) is 11.6 Å². The van der Waals surface area contributed by atoms with Crippen molar-refractivity contribution in [2.45, 2.75) is 13.0 Å². The second-order valence-corrected chi connectivity index (χ2v) is 5.90. The summed E-state index contributed by atoms with van der Waals surface area (Å²) in [5.41, 5.74) is 0.983. The van der Waals surface area contributed by atoms with Crippen LogP contribution in [0.15, 0.2) is 45.5 Å². The van der Waals surface area contributed by atoms with Gasteiger partial charge in [0.05, 0.1) is 25.8 Å². The zero-order valence-electron chi connectivity index (χ0n) is 14.1. The van der Waals surface area contributed by atoms with Crippen molar-refractivity contribution in [1.82, 2.24) is 15.5 Å². The van der Waals surface area contributed by atoms with Crippen LogP contribution in [0, 0.1) is 5.92 Å². The van der Waals surface area contributed by atoms with Gasteiger partial charge in [0.1, 0.15) is 18.1 Å². The molecule has 8 nitrogen and oxygen atoms in total. The van der Waals surface area contributed by atoms with E-state index in [1.54, 1.807) is 19.2 Å². The Hall–Kier alpha value is -3.29. The molecule has 0 saturated heterocycles. The minimum Gasteiger partial charge on any atom is -0.497 e. The number of carbonyl (C=O) groups is 1. The SMILES string of the molecule is COc1ccc2c(c1)OC[C@@H](C(=O)NCc1noc(-c3ccco3)n1)C2. The summed E-state index contributed by atoms with van der Waals surface area (Å²) in [5, 5.41) is 6.66. The van der Waals surface area contributed by atoms with Crippen molar-refractivity contribution < 1.29 is 23.2 Å². The van der Waals surface area contributed by atoms with Gasteiger partial charge in [-0.25, -0.2) is 0 Å². The summed E-state index contributed by atoms with van der Waals surface area (Å²) in [4.78, 5) is 16.6. The first-order chi connectivity index (χ1) is 12.7. The van der Waals surface area contributed by atoms with Crippen LogP contribution in [0.2, 0.25) is 0 Å². The molecule has 4 rings (SSSR count). The fourth-order valence-corrected chi connectivity index (χ4v) is 2.78. The van der Waals surface area contributed by atoms with Crippen molar-refractivity contribution in [3.8, 4) is 23.1 Å². The first-order valence-electron chi connectivity index (χ1n) is 8.17. The number of carbonyl (C=O) groups excluding carboxylic acids is 1. The molecule has 134 valence electrons. The third kappa shape index (κ3) is 3.26. The van der Waals surface area contributed by atoms with E-state index in [-0.39, 0.29) is 24.3 Å². The number of benzene rings is 1. The summed E-state index contributed by atoms with van der Waals surface area (Å²) >= 11 is 0. The maximum atomic E-state index is 12.4. The van der Waals surface area contributed by atoms with Gasteiger partial charge in [-0.2, -0.15) is 4.98 Å². The van der Waals surface area contributed by atoms with E-state index >= 15 is 0 Å². The molecule has 1 aliphatic heterocycles. The van der Waals surface area contributed by atoms with Crippen molar-refractivity contribution in [3.05, 3.63) is 48.0 Å². The number of nitrogens with one attached hydrogen (secondary N) is 1. The highest BCUT2D eigenvalue weighted by Gasteiger charge is 2.26. The smallest absolute Gasteiger partial charge is 0.293 e. The van der Waals surface area contributed by atoms with Crippen LogP contribution in [0.25, 0.3) is 11.7 Å². The normalized spacial score (nSPS) is 15.8. The molecule has 0 bridgehead atoms. The van der Waals surface area contributed by atoms with E-state index < -0.39 is 0 Å². The molecule has 3 aromatic rings. The fourth-order valence-electron chi connectivity index (χ4n) is 2.78. The fraction of sp³-hybridized carbons (Fsp3) is 0.278. The standard InChI is InChI=1S/C18H17N3O5/c1-23-13-5-4-11-7-12(10-25-15(11)8-13)17(22)19-9-16-20-18(26-21-16)14-3-2-6-24-14/h2-6,8,12H,7,9-10H2,1H3,(H,19,22)/t12-/m0/s1. The monoisotopic (exact) mass is 355 g/mol. The quantitative estimate of drug-likeness (QED) is 0.749. The van der Waals surface area contributed by atoms with Crippen LogP contribution in [0.5, 0.6) is 11.5 Å². The third-order valence-electron chi connectivity index (χ3n) is 4.17. The third-order valence-corrected chi connectivity index (χ3v) is 4.17. The van der Waals surface area contributed by atoms with Crippen molar-refractivity contribution in [2.24, 2.45) is 5.92 Å². The molecular formula is C18H17N3O5. The number of amides is 1. The van der Waals surface area contributed by atoms with Crippen LogP contribution in [0.1, 0.15) is 11.4 Å². The molecule has 1 atom stereocenters. The molecule has 1 aromatic carbocycles. The predicted octanol–water partition coefficient (Wildman–Crippen LogP) is 2.21. The van der Waals surface area contributed by atoms with E-state index in [0.29, 0.717) is 24.6 Å². The number of methoxy groups -OCH3 is 1. The van der Waals surface area contributed by atoms with E-state index in [2.05, 4.69) is 15.5 Å². The molecule has 0 radical (unpaired) electrons. The lowest BCUT2D eigenvalue weighted by molar-refractivity contribution is -0.126. The molecule has 3 heterocycles. The largest absolute Gasteiger partial charge is 0.497 e. The Morgan fingerprint density at radius 1 is 1.38 bits per heavy atom. The molecule has 0 saturated carbocycles. The van der Waals surface area contributed by atoms with Gasteiger partial charge in [-0.15, -0.1) is 0 Å². The van der Waals surface area contributed by atoms with Gasteiger partial charge in [-0.3, -0.25) is 4.79 Å². The van der Waals surface area contributed by atoms with Gasteiger partial charge >= 0.3 is 0 Å². The second-order valence-electron chi connectivity index (χ2n) is 5.90. The molecule has 1 amide bonds. The summed E-state index contributed by atoms with van der Waals surface area (Å²) in [5.74, 6) is 2.26. The van der Waals surface area contributed by atoms with Gasteiger partial charge in [-0.05, 0) is 30.2 Å². The maximum Gasteiger partial charge on any atom is 0.293 e. The number of ether oxygens (including phenoxy) is 2. The van der Waals surface area contributed by atoms with Crippen LogP contribution in [-0.4, -0.2) is 29.8 Å². The molecule has 0 unspecified atom stereocenters. The molecule has 0 fully saturated rings. The average Bonchev–Trinajstić information content (AvgIpc) is 3.36.